The molecule has 0 aliphatic rings. The summed E-state index contributed by atoms with van der Waals surface area (Å²) in [7, 11) is 0. The van der Waals surface area contributed by atoms with Crippen LogP contribution in [0.4, 0.5) is 0 Å². The number of hydrogen-bond donors (Lipinski definition) is 2. The van der Waals surface area contributed by atoms with Gasteiger partial charge in [0.25, 0.3) is 0 Å². The highest BCUT2D eigenvalue weighted by Gasteiger charge is 2.16. The Hall–Kier alpha value is -2.20. The number of fused-ring (bicyclic) bond motifs is 3. The lowest BCUT2D eigenvalue weighted by molar-refractivity contribution is 0.467. The van der Waals surface area contributed by atoms with E-state index in [9.17, 15) is 15.0 Å². The van der Waals surface area contributed by atoms with E-state index in [1.54, 1.807) is 19.9 Å². The zero-order valence-electron chi connectivity index (χ0n) is 10.8. The minimum atomic E-state index is -0.564. The second-order valence-electron chi connectivity index (χ2n) is 4.73. The Labute approximate surface area is 118 Å². The number of benzene rings is 2. The van der Waals surface area contributed by atoms with Crippen LogP contribution in [0.3, 0.4) is 0 Å². The van der Waals surface area contributed by atoms with Crippen molar-refractivity contribution in [2.75, 3.05) is 0 Å². The van der Waals surface area contributed by atoms with Gasteiger partial charge in [-0.2, -0.15) is 0 Å². The van der Waals surface area contributed by atoms with Crippen molar-refractivity contribution in [2.45, 2.75) is 13.8 Å². The molecule has 20 heavy (non-hydrogen) atoms. The molecule has 2 N–H and O–H groups in total. The molecule has 0 saturated carbocycles. The van der Waals surface area contributed by atoms with Crippen LogP contribution < -0.4 is 5.63 Å². The molecule has 0 fully saturated rings. The summed E-state index contributed by atoms with van der Waals surface area (Å²) in [5.41, 5.74) is 0.631. The van der Waals surface area contributed by atoms with Crippen LogP contribution in [0.5, 0.6) is 11.5 Å². The number of phenolic OH excluding ortho intramolecular Hbond substituents is 2. The molecule has 2 aromatic carbocycles. The Kier molecular flexibility index (Phi) is 2.66. The molecule has 1 heterocycles. The zero-order chi connectivity index (χ0) is 14.6. The predicted molar refractivity (Wildman–Crippen MR) is 77.8 cm³/mol. The number of hydrogen-bond acceptors (Lipinski definition) is 4. The molecule has 0 aliphatic carbocycles. The maximum Gasteiger partial charge on any atom is 0.344 e. The minimum absolute atomic E-state index is 0.0570. The van der Waals surface area contributed by atoms with Gasteiger partial charge < -0.3 is 14.6 Å². The molecule has 0 amide bonds. The lowest BCUT2D eigenvalue weighted by Crippen LogP contribution is -2.03. The molecule has 0 spiro atoms. The molecule has 3 rings (SSSR count). The third-order valence-electron chi connectivity index (χ3n) is 3.56. The number of aryl methyl sites for hydroxylation is 2. The van der Waals surface area contributed by atoms with E-state index in [0.29, 0.717) is 32.9 Å². The summed E-state index contributed by atoms with van der Waals surface area (Å²) in [5.74, 6) is -0.0667. The molecule has 0 unspecified atom stereocenters. The average molecular weight is 291 g/mol. The fraction of sp³-hybridized carbons (Fsp3) is 0.133. The lowest BCUT2D eigenvalue weighted by Gasteiger charge is -2.10. The molecule has 4 nitrogen and oxygen atoms in total. The smallest absolute Gasteiger partial charge is 0.344 e. The second-order valence-corrected chi connectivity index (χ2v) is 5.14. The van der Waals surface area contributed by atoms with Crippen LogP contribution >= 0.6 is 11.6 Å². The Morgan fingerprint density at radius 1 is 1.10 bits per heavy atom. The number of halogens is 1. The molecule has 3 aromatic rings. The SMILES string of the molecule is Cc1c(O)ccc2c1oc(=O)c1c(C)c(O)c(Cl)cc12. The molecule has 0 aliphatic heterocycles. The van der Waals surface area contributed by atoms with Gasteiger partial charge in [-0.15, -0.1) is 0 Å². The van der Waals surface area contributed by atoms with Crippen molar-refractivity contribution in [3.8, 4) is 11.5 Å². The molecule has 0 saturated heterocycles. The van der Waals surface area contributed by atoms with Gasteiger partial charge in [0, 0.05) is 21.9 Å². The fourth-order valence-corrected chi connectivity index (χ4v) is 2.66. The fourth-order valence-electron chi connectivity index (χ4n) is 2.41. The van der Waals surface area contributed by atoms with E-state index in [1.807, 2.05) is 0 Å². The van der Waals surface area contributed by atoms with E-state index in [1.165, 1.54) is 12.1 Å². The monoisotopic (exact) mass is 290 g/mol. The van der Waals surface area contributed by atoms with Crippen LogP contribution in [0.1, 0.15) is 11.1 Å². The third kappa shape index (κ3) is 1.58. The maximum absolute atomic E-state index is 12.1. The highest BCUT2D eigenvalue weighted by atomic mass is 35.5. The molecule has 5 heteroatoms. The van der Waals surface area contributed by atoms with Crippen molar-refractivity contribution in [3.63, 3.8) is 0 Å². The number of phenols is 2. The summed E-state index contributed by atoms with van der Waals surface area (Å²) >= 11 is 5.98. The summed E-state index contributed by atoms with van der Waals surface area (Å²) in [6.07, 6.45) is 0. The number of aromatic hydroxyl groups is 2. The largest absolute Gasteiger partial charge is 0.508 e. The van der Waals surface area contributed by atoms with E-state index >= 15 is 0 Å². The van der Waals surface area contributed by atoms with Crippen molar-refractivity contribution >= 4 is 33.3 Å². The van der Waals surface area contributed by atoms with Crippen LogP contribution in [0, 0.1) is 13.8 Å². The van der Waals surface area contributed by atoms with Gasteiger partial charge in [-0.1, -0.05) is 11.6 Å². The van der Waals surface area contributed by atoms with Gasteiger partial charge in [0.05, 0.1) is 10.4 Å². The normalized spacial score (nSPS) is 11.3. The summed E-state index contributed by atoms with van der Waals surface area (Å²) in [6.45, 7) is 3.28. The van der Waals surface area contributed by atoms with Gasteiger partial charge in [-0.25, -0.2) is 4.79 Å². The molecule has 0 atom stereocenters. The Morgan fingerprint density at radius 2 is 1.80 bits per heavy atom. The first kappa shape index (κ1) is 12.8. The third-order valence-corrected chi connectivity index (χ3v) is 3.85. The molecule has 0 bridgehead atoms. The molecule has 102 valence electrons. The van der Waals surface area contributed by atoms with Gasteiger partial charge in [-0.3, -0.25) is 0 Å². The Morgan fingerprint density at radius 3 is 2.50 bits per heavy atom. The van der Waals surface area contributed by atoms with E-state index in [2.05, 4.69) is 0 Å². The number of rotatable bonds is 0. The van der Waals surface area contributed by atoms with Crippen molar-refractivity contribution in [2.24, 2.45) is 0 Å². The Balaban J connectivity index is 2.69. The topological polar surface area (TPSA) is 70.7 Å². The van der Waals surface area contributed by atoms with Crippen LogP contribution in [0.2, 0.25) is 5.02 Å². The standard InChI is InChI=1S/C15H11ClO4/c1-6-11(17)4-3-8-9-5-10(16)13(18)7(2)12(9)15(19)20-14(6)8/h3-5,17-18H,1-2H3. The first-order valence-electron chi connectivity index (χ1n) is 5.99. The summed E-state index contributed by atoms with van der Waals surface area (Å²) < 4.78 is 5.29. The second kappa shape index (κ2) is 4.15. The summed E-state index contributed by atoms with van der Waals surface area (Å²) in [4.78, 5) is 12.1. The van der Waals surface area contributed by atoms with Crippen LogP contribution in [0.25, 0.3) is 21.7 Å². The van der Waals surface area contributed by atoms with Gasteiger partial charge in [-0.05, 0) is 32.0 Å². The van der Waals surface area contributed by atoms with Crippen LogP contribution in [-0.4, -0.2) is 10.2 Å². The van der Waals surface area contributed by atoms with Crippen molar-refractivity contribution in [1.82, 2.24) is 0 Å². The highest BCUT2D eigenvalue weighted by molar-refractivity contribution is 6.33. The quantitative estimate of drug-likeness (QED) is 0.490. The van der Waals surface area contributed by atoms with Crippen molar-refractivity contribution in [1.29, 1.82) is 0 Å². The summed E-state index contributed by atoms with van der Waals surface area (Å²) in [5, 5.41) is 21.3. The van der Waals surface area contributed by atoms with Crippen LogP contribution in [0.15, 0.2) is 27.4 Å². The minimum Gasteiger partial charge on any atom is -0.508 e. The predicted octanol–water partition coefficient (Wildman–Crippen LogP) is 3.63. The first-order valence-corrected chi connectivity index (χ1v) is 6.36. The molecule has 0 radical (unpaired) electrons. The van der Waals surface area contributed by atoms with E-state index in [-0.39, 0.29) is 16.5 Å². The summed E-state index contributed by atoms with van der Waals surface area (Å²) in [6, 6.07) is 4.73. The van der Waals surface area contributed by atoms with Gasteiger partial charge in [0.1, 0.15) is 17.1 Å². The van der Waals surface area contributed by atoms with Crippen molar-refractivity contribution in [3.05, 3.63) is 44.8 Å². The van der Waals surface area contributed by atoms with Gasteiger partial charge in [0.15, 0.2) is 0 Å². The van der Waals surface area contributed by atoms with Crippen molar-refractivity contribution < 1.29 is 14.6 Å². The zero-order valence-corrected chi connectivity index (χ0v) is 11.6. The highest BCUT2D eigenvalue weighted by Crippen LogP contribution is 2.37. The van der Waals surface area contributed by atoms with E-state index in [0.717, 1.165) is 0 Å². The van der Waals surface area contributed by atoms with Gasteiger partial charge >= 0.3 is 5.63 Å². The molecular formula is C15H11ClO4. The van der Waals surface area contributed by atoms with E-state index in [4.69, 9.17) is 16.0 Å². The lowest BCUT2D eigenvalue weighted by atomic mass is 10.0. The first-order chi connectivity index (χ1) is 9.41. The van der Waals surface area contributed by atoms with Crippen LogP contribution in [-0.2, 0) is 0 Å². The van der Waals surface area contributed by atoms with Gasteiger partial charge in [0.2, 0.25) is 0 Å². The maximum atomic E-state index is 12.1. The average Bonchev–Trinajstić information content (AvgIpc) is 2.40. The van der Waals surface area contributed by atoms with E-state index < -0.39 is 5.63 Å². The molecular weight excluding hydrogens is 280 g/mol. The molecule has 1 aromatic heterocycles. The Bertz CT molecular complexity index is 925.